The number of aromatic nitrogens is 4. The highest BCUT2D eigenvalue weighted by Gasteiger charge is 2.46. The fourth-order valence-corrected chi connectivity index (χ4v) is 13.8. The topological polar surface area (TPSA) is 375 Å². The Balaban J connectivity index is 1.02. The lowest BCUT2D eigenvalue weighted by atomic mass is 9.95. The number of aromatic hydroxyl groups is 1. The number of hydrogen-bond acceptors (Lipinski definition) is 15. The van der Waals surface area contributed by atoms with E-state index < -0.39 is 108 Å². The molecule has 0 aliphatic carbocycles. The molecule has 5 heterocycles. The summed E-state index contributed by atoms with van der Waals surface area (Å²) >= 11 is 3.14. The van der Waals surface area contributed by atoms with Gasteiger partial charge in [-0.05, 0) is 115 Å². The SMILES string of the molecule is CCC(=O)NCCCC[C@@H]1NC(=O)CCSCc2cccc(c2)CSCCN=C(NC=O)[C@]2(C)CCCN2C(=O)[C@H](Cc2ccc(O)cc2)NC(=O)[C@H](Cc2cnc[nH]2)NC(=O)CNC(=O)[C@H](Cc2c[nH]c3ccc(F)cc23)NC(=O)[C@H](Cc2c[nH]c3ccc(F)cc23)NC(=O)CNC1=O. The van der Waals surface area contributed by atoms with Crippen LogP contribution in [0.2, 0.25) is 0 Å². The second-order valence-electron chi connectivity index (χ2n) is 24.7. The van der Waals surface area contributed by atoms with Gasteiger partial charge in [-0.2, -0.15) is 23.5 Å². The molecule has 26 nitrogen and oxygen atoms in total. The van der Waals surface area contributed by atoms with Crippen LogP contribution in [-0.2, 0) is 85.1 Å². The summed E-state index contributed by atoms with van der Waals surface area (Å²) in [5.74, 6) is -5.12. The Morgan fingerprint density at radius 2 is 1.27 bits per heavy atom. The molecule has 2 bridgehead atoms. The molecule has 13 N–H and O–H groups in total. The van der Waals surface area contributed by atoms with Gasteiger partial charge < -0.3 is 72.8 Å². The molecule has 10 amide bonds. The number of unbranched alkanes of at least 4 members (excludes halogenated alkanes) is 1. The van der Waals surface area contributed by atoms with Crippen LogP contribution in [0.3, 0.4) is 0 Å². The smallest absolute Gasteiger partial charge is 0.246 e. The van der Waals surface area contributed by atoms with Crippen LogP contribution < -0.4 is 47.9 Å². The Bertz CT molecular complexity index is 4080. The Kier molecular flexibility index (Phi) is 26.8. The highest BCUT2D eigenvalue weighted by Crippen LogP contribution is 2.32. The van der Waals surface area contributed by atoms with Crippen LogP contribution >= 0.6 is 23.5 Å². The zero-order chi connectivity index (χ0) is 71.1. The summed E-state index contributed by atoms with van der Waals surface area (Å²) < 4.78 is 29.7. The lowest BCUT2D eigenvalue weighted by molar-refractivity contribution is -0.139. The van der Waals surface area contributed by atoms with Gasteiger partial charge in [0.2, 0.25) is 59.6 Å². The maximum atomic E-state index is 15.2. The number of amidine groups is 1. The molecule has 0 saturated carbocycles. The minimum atomic E-state index is -1.58. The zero-order valence-electron chi connectivity index (χ0n) is 55.4. The van der Waals surface area contributed by atoms with Gasteiger partial charge in [0.15, 0.2) is 0 Å². The number of fused-ring (bicyclic) bond motifs is 5. The molecule has 4 aromatic carbocycles. The van der Waals surface area contributed by atoms with Crippen molar-refractivity contribution in [2.24, 2.45) is 4.99 Å². The van der Waals surface area contributed by atoms with Crippen molar-refractivity contribution in [2.45, 2.75) is 132 Å². The molecule has 0 radical (unpaired) electrons. The Morgan fingerprint density at radius 3 is 1.88 bits per heavy atom. The second-order valence-corrected chi connectivity index (χ2v) is 26.9. The fourth-order valence-electron chi connectivity index (χ4n) is 12.1. The highest BCUT2D eigenvalue weighted by molar-refractivity contribution is 7.98. The number of halogens is 2. The van der Waals surface area contributed by atoms with Gasteiger partial charge in [0.05, 0.1) is 31.5 Å². The summed E-state index contributed by atoms with van der Waals surface area (Å²) in [5.41, 5.74) is 3.59. The largest absolute Gasteiger partial charge is 0.508 e. The first kappa shape index (κ1) is 74.1. The Labute approximate surface area is 584 Å². The van der Waals surface area contributed by atoms with Crippen molar-refractivity contribution in [1.82, 2.24) is 72.7 Å². The van der Waals surface area contributed by atoms with Gasteiger partial charge in [0.25, 0.3) is 0 Å². The molecule has 6 atom stereocenters. The van der Waals surface area contributed by atoms with E-state index in [2.05, 4.69) is 73.9 Å². The number of phenols is 1. The number of rotatable bonds is 15. The first-order chi connectivity index (χ1) is 48.2. The molecule has 3 aromatic heterocycles. The normalized spacial score (nSPS) is 21.3. The number of carbonyl (C=O) groups is 10. The second kappa shape index (κ2) is 36.1. The molecule has 2 aliphatic heterocycles. The number of phenolic OH excluding ortho intramolecular Hbond substituents is 1. The third kappa shape index (κ3) is 21.0. The number of thioether (sulfide) groups is 2. The molecule has 7 aromatic rings. The summed E-state index contributed by atoms with van der Waals surface area (Å²) in [5, 5.41) is 35.4. The van der Waals surface area contributed by atoms with Gasteiger partial charge in [0, 0.05) is 121 Å². The van der Waals surface area contributed by atoms with E-state index in [0.29, 0.717) is 106 Å². The van der Waals surface area contributed by atoms with Crippen molar-refractivity contribution >= 4 is 111 Å². The number of nitrogens with one attached hydrogen (secondary N) is 12. The standard InChI is InChI=1S/C70H83F2N15O11S2/c1-3-60(90)74-21-5-4-10-55-64(94)78-36-62(92)83-57(29-46-34-77-54-18-14-48(72)31-52(46)54)66(96)85-56(28-45-33-76-53-17-13-47(71)30-51(45)53)65(95)79-37-63(93)84-58(32-49-35-73-40-80-49)67(97)86-59(27-42-11-15-50(89)16-12-42)68(98)87-23-7-20-70(87,2)69(81-41-88)75-22-25-100-39-44-9-6-8-43(26-44)38-99-24-19-61(91)82-55/h6,8-9,11-18,26,30-31,33-35,40-41,55-59,76-77,89H,3-5,7,10,19-25,27-29,32,36-39H2,1-2H3,(H,73,80)(H,74,90)(H,78,94)(H,79,95)(H,82,91)(H,83,92)(H,84,93)(H,85,96)(H,86,97)(H,75,81,88)/t55-,56-,57-,58-,59-,70-/m0/s1. The monoisotopic (exact) mass is 1410 g/mol. The quantitative estimate of drug-likeness (QED) is 0.0509. The molecule has 100 heavy (non-hydrogen) atoms. The number of nitrogens with zero attached hydrogens (tertiary/aromatic N) is 3. The van der Waals surface area contributed by atoms with E-state index >= 15 is 4.79 Å². The predicted octanol–water partition coefficient (Wildman–Crippen LogP) is 4.08. The third-order valence-corrected chi connectivity index (χ3v) is 19.4. The summed E-state index contributed by atoms with van der Waals surface area (Å²) in [7, 11) is 0. The van der Waals surface area contributed by atoms with E-state index in [4.69, 9.17) is 4.99 Å². The molecule has 0 spiro atoms. The molecular formula is C70H83F2N15O11S2. The summed E-state index contributed by atoms with van der Waals surface area (Å²) in [6.45, 7) is 2.85. The predicted molar refractivity (Wildman–Crippen MR) is 375 cm³/mol. The lowest BCUT2D eigenvalue weighted by Gasteiger charge is -2.38. The number of benzene rings is 4. The van der Waals surface area contributed by atoms with E-state index in [0.717, 1.165) is 11.1 Å². The Morgan fingerprint density at radius 1 is 0.680 bits per heavy atom. The first-order valence-corrected chi connectivity index (χ1v) is 35.4. The number of carbonyl (C=O) groups excluding carboxylic acids is 10. The Hall–Kier alpha value is -10.1. The number of aliphatic imine (C=N–C) groups is 1. The fraction of sp³-hybridized carbons (Fsp3) is 0.400. The van der Waals surface area contributed by atoms with Crippen LogP contribution in [0, 0.1) is 11.6 Å². The number of amides is 10. The van der Waals surface area contributed by atoms with Gasteiger partial charge in [-0.1, -0.05) is 43.3 Å². The summed E-state index contributed by atoms with van der Waals surface area (Å²) in [4.78, 5) is 160. The molecular weight excluding hydrogens is 1330 g/mol. The molecule has 1 saturated heterocycles. The van der Waals surface area contributed by atoms with Crippen molar-refractivity contribution in [1.29, 1.82) is 0 Å². The molecule has 2 aliphatic rings. The number of H-pyrrole nitrogens is 3. The van der Waals surface area contributed by atoms with Crippen LogP contribution in [-0.4, -0.2) is 175 Å². The molecule has 9 rings (SSSR count). The number of imidazole rings is 1. The van der Waals surface area contributed by atoms with E-state index in [9.17, 15) is 57.0 Å². The zero-order valence-corrected chi connectivity index (χ0v) is 57.1. The van der Waals surface area contributed by atoms with Crippen molar-refractivity contribution in [2.75, 3.05) is 44.2 Å². The minimum absolute atomic E-state index is 0.0365. The maximum Gasteiger partial charge on any atom is 0.246 e. The van der Waals surface area contributed by atoms with Crippen molar-refractivity contribution in [3.8, 4) is 5.75 Å². The van der Waals surface area contributed by atoms with E-state index in [1.807, 2.05) is 18.2 Å². The number of hydrogen-bond donors (Lipinski definition) is 13. The van der Waals surface area contributed by atoms with E-state index in [1.54, 1.807) is 42.6 Å². The van der Waals surface area contributed by atoms with Gasteiger partial charge in [-0.3, -0.25) is 52.9 Å². The van der Waals surface area contributed by atoms with Crippen molar-refractivity contribution in [3.05, 3.63) is 155 Å². The van der Waals surface area contributed by atoms with Crippen molar-refractivity contribution < 1.29 is 61.8 Å². The molecule has 530 valence electrons. The summed E-state index contributed by atoms with van der Waals surface area (Å²) in [6, 6.07) is 15.0. The van der Waals surface area contributed by atoms with Crippen LogP contribution in [0.5, 0.6) is 5.75 Å². The van der Waals surface area contributed by atoms with Crippen LogP contribution in [0.4, 0.5) is 8.78 Å². The van der Waals surface area contributed by atoms with E-state index in [-0.39, 0.29) is 75.5 Å². The minimum Gasteiger partial charge on any atom is -0.508 e. The van der Waals surface area contributed by atoms with Gasteiger partial charge in [-0.15, -0.1) is 0 Å². The van der Waals surface area contributed by atoms with Crippen molar-refractivity contribution in [3.63, 3.8) is 0 Å². The third-order valence-electron chi connectivity index (χ3n) is 17.4. The first-order valence-electron chi connectivity index (χ1n) is 33.1. The number of aromatic amines is 3. The van der Waals surface area contributed by atoms with Crippen LogP contribution in [0.15, 0.2) is 115 Å². The van der Waals surface area contributed by atoms with E-state index in [1.165, 1.54) is 85.2 Å². The average molecular weight is 1410 g/mol. The summed E-state index contributed by atoms with van der Waals surface area (Å²) in [6.07, 6.45) is 7.72. The average Bonchev–Trinajstić information content (AvgIpc) is 1.59. The van der Waals surface area contributed by atoms with Crippen LogP contribution in [0.1, 0.15) is 92.3 Å². The molecule has 30 heteroatoms. The van der Waals surface area contributed by atoms with Gasteiger partial charge in [0.1, 0.15) is 53.4 Å². The lowest BCUT2D eigenvalue weighted by Crippen LogP contribution is -2.61. The van der Waals surface area contributed by atoms with Gasteiger partial charge >= 0.3 is 0 Å². The molecule has 0 unspecified atom stereocenters. The highest BCUT2D eigenvalue weighted by atomic mass is 32.2. The van der Waals surface area contributed by atoms with Crippen LogP contribution in [0.25, 0.3) is 21.8 Å². The molecule has 1 fully saturated rings. The van der Waals surface area contributed by atoms with Gasteiger partial charge in [-0.25, -0.2) is 13.8 Å². The maximum absolute atomic E-state index is 15.2.